The van der Waals surface area contributed by atoms with Crippen LogP contribution in [0.2, 0.25) is 0 Å². The number of carbonyl (C=O) groups is 3. The Labute approximate surface area is 507 Å². The number of nitrogens with zero attached hydrogens (tertiary/aromatic N) is 9. The number of piperazine rings is 2. The number of hydrogen-bond donors (Lipinski definition) is 4. The molecule has 0 radical (unpaired) electrons. The molecule has 5 aromatic heterocycles. The van der Waals surface area contributed by atoms with Crippen molar-refractivity contribution in [1.82, 2.24) is 40.5 Å². The maximum absolute atomic E-state index is 14.2. The minimum atomic E-state index is -3.39. The summed E-state index contributed by atoms with van der Waals surface area (Å²) in [6, 6.07) is 18.8. The van der Waals surface area contributed by atoms with Crippen LogP contribution in [-0.4, -0.2) is 143 Å². The van der Waals surface area contributed by atoms with Crippen LogP contribution in [0.3, 0.4) is 0 Å². The molecule has 6 aliphatic heterocycles. The van der Waals surface area contributed by atoms with E-state index in [4.69, 9.17) is 15.0 Å². The first kappa shape index (κ1) is 63.8. The summed E-state index contributed by atoms with van der Waals surface area (Å²) in [5.74, 6) is -0.902. The van der Waals surface area contributed by atoms with Gasteiger partial charge in [-0.3, -0.25) is 33.5 Å². The second-order valence-electron chi connectivity index (χ2n) is 22.3. The normalized spacial score (nSPS) is 21.8. The standard InChI is InChI=1S/C22H24FN5OS.C15H20FN3O.C11H14FN3.C9H9NO3S2.C4H8O2/c23-18-11-25-8-6-20(18)28-16-4-5-17(28)13-27(12-16)21(29)7-9-24-10-15-2-1-3-19-22(15)30-14-26-19;16-13-9-18-6-4-14(13)19-11-1-2-12(19)8-10(7-11)15(20)3-5-17;12-10-7-13-4-3-11(10)15-8-1-2-9(15)6-14-5-8;1-15(11,12)13-5-7-3-2-4-8-9(7)14-6-10-8;1-2-3-4(5)6/h1-3,6,8,11,14,16-17,24H,4-5,7,9-10,12-13H2;4,6,9-12H,1-3,5,7-8,17H2;3-4,7-9,14H,1-2,5-6H2;2-4,6H,5H2,1H3;2-3H2,1H3,(H,5,6). The molecule has 1 amide bonds. The second-order valence-corrected chi connectivity index (χ2v) is 25.6. The van der Waals surface area contributed by atoms with E-state index in [-0.39, 0.29) is 65.8 Å². The Balaban J connectivity index is 0.000000138. The average molecular weight is 1240 g/mol. The fourth-order valence-corrected chi connectivity index (χ4v) is 14.6. The van der Waals surface area contributed by atoms with E-state index in [1.807, 2.05) is 47.7 Å². The number of aromatic nitrogens is 5. The van der Waals surface area contributed by atoms with Crippen LogP contribution in [0.15, 0.2) is 103 Å². The molecule has 0 spiro atoms. The van der Waals surface area contributed by atoms with Crippen molar-refractivity contribution < 1.29 is 45.3 Å². The van der Waals surface area contributed by atoms with Crippen LogP contribution < -0.4 is 31.1 Å². The van der Waals surface area contributed by atoms with Crippen molar-refractivity contribution in [3.05, 3.63) is 131 Å². The van der Waals surface area contributed by atoms with Gasteiger partial charge in [0.05, 0.1) is 80.0 Å². The lowest BCUT2D eigenvalue weighted by atomic mass is 9.86. The Morgan fingerprint density at radius 3 is 1.64 bits per heavy atom. The Morgan fingerprint density at radius 1 is 0.686 bits per heavy atom. The molecule has 5 N–H and O–H groups in total. The quantitative estimate of drug-likeness (QED) is 0.0521. The molecule has 13 rings (SSSR count). The van der Waals surface area contributed by atoms with Gasteiger partial charge in [0.2, 0.25) is 5.91 Å². The summed E-state index contributed by atoms with van der Waals surface area (Å²) in [5, 5.41) is 14.7. The van der Waals surface area contributed by atoms with Gasteiger partial charge in [-0.2, -0.15) is 8.42 Å². The third-order valence-corrected chi connectivity index (χ3v) is 18.9. The number of anilines is 3. The first-order valence-electron chi connectivity index (χ1n) is 29.3. The van der Waals surface area contributed by atoms with Crippen molar-refractivity contribution >= 4 is 87.9 Å². The zero-order valence-electron chi connectivity index (χ0n) is 48.4. The molecule has 7 aromatic rings. The number of ketones is 1. The largest absolute Gasteiger partial charge is 0.481 e. The van der Waals surface area contributed by atoms with Gasteiger partial charge in [-0.25, -0.2) is 23.1 Å². The molecule has 6 atom stereocenters. The number of piperidine rings is 1. The zero-order valence-corrected chi connectivity index (χ0v) is 50.8. The number of thiazole rings is 2. The fraction of sp³-hybridized carbons (Fsp3) is 0.475. The van der Waals surface area contributed by atoms with Gasteiger partial charge in [0.25, 0.3) is 10.1 Å². The van der Waals surface area contributed by atoms with Crippen LogP contribution in [0.4, 0.5) is 30.2 Å². The van der Waals surface area contributed by atoms with Crippen molar-refractivity contribution in [2.24, 2.45) is 11.7 Å². The molecule has 6 bridgehead atoms. The number of halogens is 3. The third kappa shape index (κ3) is 16.3. The van der Waals surface area contributed by atoms with E-state index < -0.39 is 16.1 Å². The number of likely N-dealkylation sites (tertiary alicyclic amines) is 1. The molecular weight excluding hydrogens is 1170 g/mol. The Hall–Kier alpha value is -6.74. The van der Waals surface area contributed by atoms with Crippen LogP contribution in [0.5, 0.6) is 0 Å². The lowest BCUT2D eigenvalue weighted by molar-refractivity contribution is -0.137. The van der Waals surface area contributed by atoms with Gasteiger partial charge in [0.15, 0.2) is 17.5 Å². The number of aliphatic carboxylic acids is 1. The van der Waals surface area contributed by atoms with Crippen LogP contribution in [0, 0.1) is 23.4 Å². The predicted molar refractivity (Wildman–Crippen MR) is 329 cm³/mol. The number of benzene rings is 2. The second kappa shape index (κ2) is 30.3. The van der Waals surface area contributed by atoms with Crippen molar-refractivity contribution in [2.75, 3.05) is 60.2 Å². The molecule has 2 aromatic carbocycles. The van der Waals surface area contributed by atoms with E-state index in [9.17, 15) is 36.0 Å². The van der Waals surface area contributed by atoms with Gasteiger partial charge in [-0.05, 0) is 106 Å². The number of Topliss-reactive ketones (excluding diaryl/α,β-unsaturated/α-hetero) is 1. The van der Waals surface area contributed by atoms with Gasteiger partial charge in [0, 0.05) is 119 Å². The smallest absolute Gasteiger partial charge is 0.303 e. The third-order valence-electron chi connectivity index (χ3n) is 16.5. The summed E-state index contributed by atoms with van der Waals surface area (Å²) in [7, 11) is -3.39. The molecule has 0 aliphatic carbocycles. The topological polar surface area (TPSA) is 242 Å². The Kier molecular flexibility index (Phi) is 22.4. The number of carboxylic acid groups (broad SMARTS) is 1. The minimum absolute atomic E-state index is 0.0678. The first-order valence-corrected chi connectivity index (χ1v) is 32.9. The van der Waals surface area contributed by atoms with Gasteiger partial charge >= 0.3 is 5.97 Å². The summed E-state index contributed by atoms with van der Waals surface area (Å²) in [5.41, 5.74) is 15.0. The monoisotopic (exact) mass is 1240 g/mol. The Bertz CT molecular complexity index is 3470. The van der Waals surface area contributed by atoms with Crippen molar-refractivity contribution in [1.29, 1.82) is 0 Å². The fourth-order valence-electron chi connectivity index (χ4n) is 12.7. The van der Waals surface area contributed by atoms with E-state index >= 15 is 0 Å². The minimum Gasteiger partial charge on any atom is -0.481 e. The number of fused-ring (bicyclic) bond motifs is 8. The summed E-state index contributed by atoms with van der Waals surface area (Å²) < 4.78 is 70.4. The number of rotatable bonds is 16. The maximum atomic E-state index is 14.2. The van der Waals surface area contributed by atoms with Crippen LogP contribution >= 0.6 is 22.7 Å². The summed E-state index contributed by atoms with van der Waals surface area (Å²) in [6.07, 6.45) is 19.8. The molecule has 6 unspecified atom stereocenters. The molecule has 86 heavy (non-hydrogen) atoms. The summed E-state index contributed by atoms with van der Waals surface area (Å²) >= 11 is 3.12. The van der Waals surface area contributed by atoms with Crippen molar-refractivity contribution in [3.63, 3.8) is 0 Å². The number of nitrogens with one attached hydrogen (secondary N) is 2. The van der Waals surface area contributed by atoms with E-state index in [2.05, 4.69) is 56.3 Å². The summed E-state index contributed by atoms with van der Waals surface area (Å²) in [6.45, 7) is 6.97. The zero-order chi connectivity index (χ0) is 60.7. The van der Waals surface area contributed by atoms with Gasteiger partial charge in [0.1, 0.15) is 5.78 Å². The highest BCUT2D eigenvalue weighted by Crippen LogP contribution is 2.43. The van der Waals surface area contributed by atoms with Gasteiger partial charge in [-0.1, -0.05) is 31.2 Å². The lowest BCUT2D eigenvalue weighted by Crippen LogP contribution is -2.56. The molecular formula is C61H75F3N12O7S3. The molecule has 19 nitrogen and oxygen atoms in total. The molecule has 11 heterocycles. The lowest BCUT2D eigenvalue weighted by Gasteiger charge is -2.42. The number of amides is 1. The molecule has 6 fully saturated rings. The number of nitrogens with two attached hydrogens (primary N) is 1. The number of hydrogen-bond acceptors (Lipinski definition) is 19. The SMILES string of the molecule is CCCC(=O)O.CS(=O)(=O)OCc1cccc2ncsc12.Fc1cnccc1N1C2CCC1CNC2.NCCC(=O)C1CC2CCC(C1)N2c1ccncc1F.O=C(CCNCc1cccc2ncsc12)N1CC2CCC(C1)N2c1ccncc1F. The van der Waals surface area contributed by atoms with E-state index in [1.54, 1.807) is 53.6 Å². The van der Waals surface area contributed by atoms with E-state index in [1.165, 1.54) is 53.0 Å². The maximum Gasteiger partial charge on any atom is 0.303 e. The van der Waals surface area contributed by atoms with Gasteiger partial charge < -0.3 is 41.1 Å². The van der Waals surface area contributed by atoms with Crippen LogP contribution in [0.1, 0.15) is 95.1 Å². The van der Waals surface area contributed by atoms with Gasteiger partial charge in [-0.15, -0.1) is 22.7 Å². The molecule has 25 heteroatoms. The molecule has 0 saturated carbocycles. The number of pyridine rings is 3. The molecule has 6 aliphatic rings. The van der Waals surface area contributed by atoms with Crippen LogP contribution in [-0.2, 0) is 41.8 Å². The van der Waals surface area contributed by atoms with Crippen molar-refractivity contribution in [2.45, 2.75) is 133 Å². The highest BCUT2D eigenvalue weighted by molar-refractivity contribution is 7.85. The number of carbonyl (C=O) groups excluding carboxylic acids is 2. The Morgan fingerprint density at radius 2 is 1.16 bits per heavy atom. The first-order chi connectivity index (χ1) is 41.6. The number of carboxylic acids is 1. The highest BCUT2D eigenvalue weighted by Gasteiger charge is 2.44. The molecule has 6 saturated heterocycles. The van der Waals surface area contributed by atoms with Crippen molar-refractivity contribution in [3.8, 4) is 0 Å². The highest BCUT2D eigenvalue weighted by atomic mass is 32.2. The van der Waals surface area contributed by atoms with E-state index in [0.717, 1.165) is 97.8 Å². The molecule has 460 valence electrons. The average Bonchev–Trinajstić information content (AvgIpc) is 4.50. The van der Waals surface area contributed by atoms with Crippen LogP contribution in [0.25, 0.3) is 20.4 Å². The van der Waals surface area contributed by atoms with E-state index in [0.29, 0.717) is 68.9 Å². The predicted octanol–water partition coefficient (Wildman–Crippen LogP) is 8.88. The summed E-state index contributed by atoms with van der Waals surface area (Å²) in [4.78, 5) is 62.9.